The lowest BCUT2D eigenvalue weighted by Gasteiger charge is -2.13. The number of aryl methyl sites for hydroxylation is 2. The third-order valence-corrected chi connectivity index (χ3v) is 4.40. The predicted octanol–water partition coefficient (Wildman–Crippen LogP) is 2.67. The fraction of sp³-hybridized carbons (Fsp3) is 0.600. The summed E-state index contributed by atoms with van der Waals surface area (Å²) in [5.41, 5.74) is 2.73. The number of hydrogen-bond acceptors (Lipinski definition) is 2. The minimum Gasteiger partial charge on any atom is -0.313 e. The van der Waals surface area contributed by atoms with Crippen molar-refractivity contribution in [1.82, 2.24) is 5.32 Å². The monoisotopic (exact) mass is 267 g/mol. The molecule has 0 amide bonds. The first-order valence-corrected chi connectivity index (χ1v) is 8.24. The number of nitrogens with one attached hydrogen (secondary N) is 1. The summed E-state index contributed by atoms with van der Waals surface area (Å²) in [6.45, 7) is 7.16. The smallest absolute Gasteiger partial charge is 0.0360 e. The molecule has 3 heteroatoms. The number of hydrogen-bond donors (Lipinski definition) is 1. The highest BCUT2D eigenvalue weighted by Crippen LogP contribution is 2.07. The van der Waals surface area contributed by atoms with Gasteiger partial charge in [-0.3, -0.25) is 4.21 Å². The first kappa shape index (κ1) is 15.4. The van der Waals surface area contributed by atoms with Crippen LogP contribution in [0.15, 0.2) is 24.3 Å². The maximum Gasteiger partial charge on any atom is 0.0360 e. The summed E-state index contributed by atoms with van der Waals surface area (Å²) in [4.78, 5) is 0. The van der Waals surface area contributed by atoms with E-state index in [4.69, 9.17) is 0 Å². The van der Waals surface area contributed by atoms with Crippen molar-refractivity contribution in [1.29, 1.82) is 0 Å². The molecule has 0 saturated carbocycles. The average molecular weight is 267 g/mol. The van der Waals surface area contributed by atoms with E-state index >= 15 is 0 Å². The van der Waals surface area contributed by atoms with Crippen LogP contribution < -0.4 is 5.32 Å². The van der Waals surface area contributed by atoms with Gasteiger partial charge in [0.1, 0.15) is 0 Å². The van der Waals surface area contributed by atoms with Gasteiger partial charge in [-0.1, -0.05) is 36.8 Å². The molecule has 0 aliphatic rings. The van der Waals surface area contributed by atoms with Crippen LogP contribution >= 0.6 is 0 Å². The second-order valence-electron chi connectivity index (χ2n) is 4.82. The maximum absolute atomic E-state index is 11.3. The van der Waals surface area contributed by atoms with Crippen LogP contribution in [0.25, 0.3) is 0 Å². The highest BCUT2D eigenvalue weighted by molar-refractivity contribution is 7.84. The highest BCUT2D eigenvalue weighted by atomic mass is 32.2. The van der Waals surface area contributed by atoms with E-state index in [2.05, 4.69) is 43.4 Å². The minimum absolute atomic E-state index is 0.486. The second-order valence-corrected chi connectivity index (χ2v) is 6.68. The summed E-state index contributed by atoms with van der Waals surface area (Å²) in [5, 5.41) is 3.44. The molecule has 0 saturated heterocycles. The molecule has 1 rings (SSSR count). The van der Waals surface area contributed by atoms with E-state index < -0.39 is 10.8 Å². The average Bonchev–Trinajstić information content (AvgIpc) is 2.36. The summed E-state index contributed by atoms with van der Waals surface area (Å²) in [5.74, 6) is 1.53. The molecule has 2 nitrogen and oxygen atoms in total. The standard InChI is InChI=1S/C15H25NOS/c1-4-18(17)11-10-16-14(3)8-9-15-7-5-6-13(2)12-15/h5-7,12,14,16H,4,8-11H2,1-3H3. The van der Waals surface area contributed by atoms with Crippen molar-refractivity contribution in [3.05, 3.63) is 35.4 Å². The van der Waals surface area contributed by atoms with Gasteiger partial charge in [-0.15, -0.1) is 0 Å². The van der Waals surface area contributed by atoms with Crippen molar-refractivity contribution in [2.45, 2.75) is 39.7 Å². The normalized spacial score (nSPS) is 14.4. The number of rotatable bonds is 8. The molecular weight excluding hydrogens is 242 g/mol. The van der Waals surface area contributed by atoms with Crippen LogP contribution in [0.3, 0.4) is 0 Å². The molecule has 0 aliphatic carbocycles. The van der Waals surface area contributed by atoms with Gasteiger partial charge in [0.05, 0.1) is 0 Å². The van der Waals surface area contributed by atoms with Gasteiger partial charge in [-0.25, -0.2) is 0 Å². The van der Waals surface area contributed by atoms with E-state index in [0.29, 0.717) is 6.04 Å². The van der Waals surface area contributed by atoms with Crippen molar-refractivity contribution in [2.24, 2.45) is 0 Å². The van der Waals surface area contributed by atoms with Crippen molar-refractivity contribution >= 4 is 10.8 Å². The molecule has 0 fully saturated rings. The molecule has 1 N–H and O–H groups in total. The Bertz CT molecular complexity index is 379. The molecule has 1 aromatic carbocycles. The van der Waals surface area contributed by atoms with Gasteiger partial charge >= 0.3 is 0 Å². The van der Waals surface area contributed by atoms with E-state index in [9.17, 15) is 4.21 Å². The van der Waals surface area contributed by atoms with Gasteiger partial charge in [0.2, 0.25) is 0 Å². The molecule has 0 radical (unpaired) electrons. The summed E-state index contributed by atoms with van der Waals surface area (Å²) in [7, 11) is -0.649. The number of benzene rings is 1. The van der Waals surface area contributed by atoms with Crippen molar-refractivity contribution in [2.75, 3.05) is 18.1 Å². The summed E-state index contributed by atoms with van der Waals surface area (Å²) in [6.07, 6.45) is 2.23. The largest absolute Gasteiger partial charge is 0.313 e. The molecule has 0 aromatic heterocycles. The Balaban J connectivity index is 2.20. The van der Waals surface area contributed by atoms with Gasteiger partial charge in [0.15, 0.2) is 0 Å². The van der Waals surface area contributed by atoms with E-state index in [1.807, 2.05) is 6.92 Å². The van der Waals surface area contributed by atoms with Crippen LogP contribution in [0.1, 0.15) is 31.4 Å². The molecule has 2 unspecified atom stereocenters. The van der Waals surface area contributed by atoms with Gasteiger partial charge in [0.25, 0.3) is 0 Å². The Kier molecular flexibility index (Phi) is 7.21. The lowest BCUT2D eigenvalue weighted by Crippen LogP contribution is -2.30. The molecule has 102 valence electrons. The van der Waals surface area contributed by atoms with Gasteiger partial charge in [-0.05, 0) is 32.3 Å². The van der Waals surface area contributed by atoms with Crippen LogP contribution in [0.4, 0.5) is 0 Å². The van der Waals surface area contributed by atoms with E-state index in [-0.39, 0.29) is 0 Å². The van der Waals surface area contributed by atoms with Crippen LogP contribution in [-0.2, 0) is 17.2 Å². The molecule has 0 heterocycles. The van der Waals surface area contributed by atoms with Gasteiger partial charge in [0, 0.05) is 34.9 Å². The summed E-state index contributed by atoms with van der Waals surface area (Å²) in [6, 6.07) is 9.17. The highest BCUT2D eigenvalue weighted by Gasteiger charge is 2.03. The van der Waals surface area contributed by atoms with E-state index in [1.165, 1.54) is 11.1 Å². The second kappa shape index (κ2) is 8.44. The van der Waals surface area contributed by atoms with E-state index in [0.717, 1.165) is 30.9 Å². The summed E-state index contributed by atoms with van der Waals surface area (Å²) >= 11 is 0. The lowest BCUT2D eigenvalue weighted by molar-refractivity contribution is 0.531. The Morgan fingerprint density at radius 3 is 2.83 bits per heavy atom. The van der Waals surface area contributed by atoms with E-state index in [1.54, 1.807) is 0 Å². The Morgan fingerprint density at radius 1 is 1.39 bits per heavy atom. The molecule has 1 aromatic rings. The van der Waals surface area contributed by atoms with Crippen LogP contribution in [0.2, 0.25) is 0 Å². The van der Waals surface area contributed by atoms with Crippen molar-refractivity contribution in [3.63, 3.8) is 0 Å². The Morgan fingerprint density at radius 2 is 2.17 bits per heavy atom. The zero-order valence-electron chi connectivity index (χ0n) is 11.7. The van der Waals surface area contributed by atoms with Crippen LogP contribution in [0, 0.1) is 6.92 Å². The third-order valence-electron chi connectivity index (χ3n) is 3.09. The first-order valence-electron chi connectivity index (χ1n) is 6.75. The molecule has 0 aliphatic heterocycles. The minimum atomic E-state index is -0.649. The molecular formula is C15H25NOS. The topological polar surface area (TPSA) is 29.1 Å². The Hall–Kier alpha value is -0.670. The fourth-order valence-corrected chi connectivity index (χ4v) is 2.55. The summed E-state index contributed by atoms with van der Waals surface area (Å²) < 4.78 is 11.3. The van der Waals surface area contributed by atoms with Crippen molar-refractivity contribution in [3.8, 4) is 0 Å². The molecule has 0 bridgehead atoms. The van der Waals surface area contributed by atoms with Gasteiger partial charge < -0.3 is 5.32 Å². The Labute approximate surface area is 114 Å². The molecule has 2 atom stereocenters. The molecule has 0 spiro atoms. The predicted molar refractivity (Wildman–Crippen MR) is 80.5 cm³/mol. The van der Waals surface area contributed by atoms with Gasteiger partial charge in [-0.2, -0.15) is 0 Å². The zero-order chi connectivity index (χ0) is 13.4. The molecule has 18 heavy (non-hydrogen) atoms. The zero-order valence-corrected chi connectivity index (χ0v) is 12.6. The van der Waals surface area contributed by atoms with Crippen LogP contribution in [-0.4, -0.2) is 28.3 Å². The third kappa shape index (κ3) is 6.31. The fourth-order valence-electron chi connectivity index (χ4n) is 1.92. The first-order chi connectivity index (χ1) is 8.61. The quantitative estimate of drug-likeness (QED) is 0.784. The lowest BCUT2D eigenvalue weighted by atomic mass is 10.0. The van der Waals surface area contributed by atoms with Crippen molar-refractivity contribution < 1.29 is 4.21 Å². The van der Waals surface area contributed by atoms with Crippen LogP contribution in [0.5, 0.6) is 0 Å². The SMILES string of the molecule is CCS(=O)CCNC(C)CCc1cccc(C)c1. The maximum atomic E-state index is 11.3.